The third-order valence-electron chi connectivity index (χ3n) is 2.24. The lowest BCUT2D eigenvalue weighted by Crippen LogP contribution is -2.30. The van der Waals surface area contributed by atoms with Crippen LogP contribution in [-0.4, -0.2) is 32.7 Å². The Balaban J connectivity index is 2.55. The number of aromatic nitrogens is 1. The van der Waals surface area contributed by atoms with Crippen LogP contribution in [0.15, 0.2) is 18.5 Å². The van der Waals surface area contributed by atoms with Crippen LogP contribution in [0.4, 0.5) is 0 Å². The lowest BCUT2D eigenvalue weighted by molar-refractivity contribution is 0.578. The summed E-state index contributed by atoms with van der Waals surface area (Å²) >= 11 is 0. The summed E-state index contributed by atoms with van der Waals surface area (Å²) in [5, 5.41) is 2.80. The normalized spacial score (nSPS) is 11.6. The van der Waals surface area contributed by atoms with Crippen molar-refractivity contribution in [3.63, 3.8) is 0 Å². The summed E-state index contributed by atoms with van der Waals surface area (Å²) in [5.74, 6) is 0.0909. The first-order valence-electron chi connectivity index (χ1n) is 5.06. The molecule has 0 atom stereocenters. The Labute approximate surface area is 96.3 Å². The maximum atomic E-state index is 11.5. The van der Waals surface area contributed by atoms with Crippen molar-refractivity contribution < 1.29 is 8.42 Å². The van der Waals surface area contributed by atoms with Crippen LogP contribution in [0.3, 0.4) is 0 Å². The molecule has 0 amide bonds. The van der Waals surface area contributed by atoms with Crippen molar-refractivity contribution in [1.82, 2.24) is 15.0 Å². The number of pyridine rings is 1. The van der Waals surface area contributed by atoms with Crippen LogP contribution in [0.25, 0.3) is 0 Å². The summed E-state index contributed by atoms with van der Waals surface area (Å²) in [5.41, 5.74) is 1.93. The van der Waals surface area contributed by atoms with Gasteiger partial charge >= 0.3 is 0 Å². The average molecular weight is 243 g/mol. The van der Waals surface area contributed by atoms with Crippen LogP contribution >= 0.6 is 0 Å². The van der Waals surface area contributed by atoms with E-state index in [1.807, 2.05) is 13.0 Å². The molecule has 0 bridgehead atoms. The maximum Gasteiger partial charge on any atom is 0.213 e. The standard InChI is InChI=1S/C10H17N3O2S/c1-9-7-12-4-3-10(9)8-13-16(14,15)6-5-11-2/h3-4,7,11,13H,5-6,8H2,1-2H3. The van der Waals surface area contributed by atoms with Crippen molar-refractivity contribution in [3.8, 4) is 0 Å². The lowest BCUT2D eigenvalue weighted by atomic mass is 10.2. The third kappa shape index (κ3) is 4.26. The zero-order valence-corrected chi connectivity index (χ0v) is 10.3. The summed E-state index contributed by atoms with van der Waals surface area (Å²) in [7, 11) is -1.47. The van der Waals surface area contributed by atoms with E-state index in [1.54, 1.807) is 19.4 Å². The van der Waals surface area contributed by atoms with E-state index in [0.717, 1.165) is 11.1 Å². The number of nitrogens with one attached hydrogen (secondary N) is 2. The SMILES string of the molecule is CNCCS(=O)(=O)NCc1ccncc1C. The van der Waals surface area contributed by atoms with Crippen LogP contribution in [0.1, 0.15) is 11.1 Å². The summed E-state index contributed by atoms with van der Waals surface area (Å²) in [6.45, 7) is 2.68. The van der Waals surface area contributed by atoms with Crippen LogP contribution in [0.5, 0.6) is 0 Å². The van der Waals surface area contributed by atoms with Crippen molar-refractivity contribution in [2.24, 2.45) is 0 Å². The molecule has 0 radical (unpaired) electrons. The summed E-state index contributed by atoms with van der Waals surface area (Å²) < 4.78 is 25.6. The largest absolute Gasteiger partial charge is 0.319 e. The first kappa shape index (κ1) is 13.1. The van der Waals surface area contributed by atoms with Gasteiger partial charge in [0.15, 0.2) is 0 Å². The number of hydrogen-bond donors (Lipinski definition) is 2. The molecule has 16 heavy (non-hydrogen) atoms. The third-order valence-corrected chi connectivity index (χ3v) is 3.57. The van der Waals surface area contributed by atoms with Crippen LogP contribution < -0.4 is 10.0 Å². The van der Waals surface area contributed by atoms with Crippen molar-refractivity contribution in [3.05, 3.63) is 29.6 Å². The molecule has 0 aliphatic carbocycles. The summed E-state index contributed by atoms with van der Waals surface area (Å²) in [6, 6.07) is 1.82. The minimum absolute atomic E-state index is 0.0909. The molecule has 1 aromatic rings. The highest BCUT2D eigenvalue weighted by atomic mass is 32.2. The van der Waals surface area contributed by atoms with Gasteiger partial charge in [-0.15, -0.1) is 0 Å². The molecule has 90 valence electrons. The number of hydrogen-bond acceptors (Lipinski definition) is 4. The fourth-order valence-electron chi connectivity index (χ4n) is 1.20. The Morgan fingerprint density at radius 1 is 1.44 bits per heavy atom. The second-order valence-corrected chi connectivity index (χ2v) is 5.47. The predicted octanol–water partition coefficient (Wildman–Crippen LogP) is 0.0288. The van der Waals surface area contributed by atoms with Crippen molar-refractivity contribution in [2.75, 3.05) is 19.3 Å². The molecule has 0 unspecified atom stereocenters. The fraction of sp³-hybridized carbons (Fsp3) is 0.500. The predicted molar refractivity (Wildman–Crippen MR) is 63.5 cm³/mol. The van der Waals surface area contributed by atoms with Gasteiger partial charge in [0.1, 0.15) is 0 Å². The van der Waals surface area contributed by atoms with E-state index < -0.39 is 10.0 Å². The molecule has 6 heteroatoms. The first-order chi connectivity index (χ1) is 7.55. The molecule has 1 rings (SSSR count). The molecule has 1 heterocycles. The Kier molecular flexibility index (Phi) is 4.85. The van der Waals surface area contributed by atoms with E-state index in [4.69, 9.17) is 0 Å². The Bertz CT molecular complexity index is 431. The molecular formula is C10H17N3O2S. The highest BCUT2D eigenvalue weighted by Gasteiger charge is 2.09. The van der Waals surface area contributed by atoms with E-state index in [2.05, 4.69) is 15.0 Å². The Hall–Kier alpha value is -0.980. The van der Waals surface area contributed by atoms with Crippen LogP contribution in [0.2, 0.25) is 0 Å². The van der Waals surface area contributed by atoms with Crippen molar-refractivity contribution in [2.45, 2.75) is 13.5 Å². The summed E-state index contributed by atoms with van der Waals surface area (Å²) in [6.07, 6.45) is 3.38. The monoisotopic (exact) mass is 243 g/mol. The molecule has 0 fully saturated rings. The molecule has 2 N–H and O–H groups in total. The maximum absolute atomic E-state index is 11.5. The molecule has 0 saturated carbocycles. The van der Waals surface area contributed by atoms with E-state index in [9.17, 15) is 8.42 Å². The van der Waals surface area contributed by atoms with Gasteiger partial charge in [-0.1, -0.05) is 0 Å². The van der Waals surface area contributed by atoms with Crippen molar-refractivity contribution in [1.29, 1.82) is 0 Å². The Morgan fingerprint density at radius 2 is 2.19 bits per heavy atom. The molecule has 0 aliphatic rings. The Morgan fingerprint density at radius 3 is 2.81 bits per heavy atom. The molecule has 5 nitrogen and oxygen atoms in total. The van der Waals surface area contributed by atoms with Gasteiger partial charge in [0, 0.05) is 25.5 Å². The zero-order valence-electron chi connectivity index (χ0n) is 9.53. The van der Waals surface area contributed by atoms with E-state index in [-0.39, 0.29) is 5.75 Å². The van der Waals surface area contributed by atoms with Gasteiger partial charge < -0.3 is 5.32 Å². The van der Waals surface area contributed by atoms with Crippen LogP contribution in [-0.2, 0) is 16.6 Å². The topological polar surface area (TPSA) is 71.1 Å². The van der Waals surface area contributed by atoms with Gasteiger partial charge in [0.25, 0.3) is 0 Å². The smallest absolute Gasteiger partial charge is 0.213 e. The van der Waals surface area contributed by atoms with Crippen molar-refractivity contribution >= 4 is 10.0 Å². The highest BCUT2D eigenvalue weighted by molar-refractivity contribution is 7.89. The van der Waals surface area contributed by atoms with Gasteiger partial charge in [-0.2, -0.15) is 0 Å². The highest BCUT2D eigenvalue weighted by Crippen LogP contribution is 2.04. The number of sulfonamides is 1. The van der Waals surface area contributed by atoms with Crippen LogP contribution in [0, 0.1) is 6.92 Å². The van der Waals surface area contributed by atoms with E-state index in [1.165, 1.54) is 0 Å². The molecule has 0 aliphatic heterocycles. The van der Waals surface area contributed by atoms with E-state index >= 15 is 0 Å². The molecule has 0 aromatic carbocycles. The van der Waals surface area contributed by atoms with Gasteiger partial charge in [-0.3, -0.25) is 4.98 Å². The fourth-order valence-corrected chi connectivity index (χ4v) is 2.19. The molecule has 0 saturated heterocycles. The minimum atomic E-state index is -3.19. The second-order valence-electron chi connectivity index (χ2n) is 3.55. The van der Waals surface area contributed by atoms with Gasteiger partial charge in [-0.05, 0) is 31.2 Å². The van der Waals surface area contributed by atoms with Gasteiger partial charge in [-0.25, -0.2) is 13.1 Å². The average Bonchev–Trinajstić information content (AvgIpc) is 2.26. The molecule has 1 aromatic heterocycles. The zero-order chi connectivity index (χ0) is 12.0. The lowest BCUT2D eigenvalue weighted by Gasteiger charge is -2.08. The van der Waals surface area contributed by atoms with Gasteiger partial charge in [0.05, 0.1) is 5.75 Å². The van der Waals surface area contributed by atoms with E-state index in [0.29, 0.717) is 13.1 Å². The quantitative estimate of drug-likeness (QED) is 0.739. The molecule has 0 spiro atoms. The summed E-state index contributed by atoms with van der Waals surface area (Å²) in [4.78, 5) is 3.95. The number of nitrogens with zero attached hydrogens (tertiary/aromatic N) is 1. The minimum Gasteiger partial charge on any atom is -0.319 e. The first-order valence-corrected chi connectivity index (χ1v) is 6.72. The second kappa shape index (κ2) is 5.93. The number of rotatable bonds is 6. The number of aryl methyl sites for hydroxylation is 1. The van der Waals surface area contributed by atoms with Gasteiger partial charge in [0.2, 0.25) is 10.0 Å². The molecular weight excluding hydrogens is 226 g/mol.